The van der Waals surface area contributed by atoms with Gasteiger partial charge in [0.05, 0.1) is 20.4 Å². The highest BCUT2D eigenvalue weighted by Gasteiger charge is 2.20. The van der Waals surface area contributed by atoms with Gasteiger partial charge in [-0.05, 0) is 56.7 Å². The van der Waals surface area contributed by atoms with Crippen molar-refractivity contribution in [3.8, 4) is 0 Å². The highest BCUT2D eigenvalue weighted by molar-refractivity contribution is 7.92. The highest BCUT2D eigenvalue weighted by atomic mass is 35.5. The van der Waals surface area contributed by atoms with Gasteiger partial charge in [-0.25, -0.2) is 8.42 Å². The molecule has 3 rings (SSSR count). The Morgan fingerprint density at radius 1 is 1.22 bits per heavy atom. The minimum atomic E-state index is -3.46. The van der Waals surface area contributed by atoms with Gasteiger partial charge in [-0.3, -0.25) is 4.79 Å². The lowest BCUT2D eigenvalue weighted by Crippen LogP contribution is -2.16. The lowest BCUT2D eigenvalue weighted by Gasteiger charge is -2.08. The van der Waals surface area contributed by atoms with Crippen molar-refractivity contribution in [2.75, 3.05) is 0 Å². The van der Waals surface area contributed by atoms with Crippen LogP contribution in [0.25, 0.3) is 10.2 Å². The van der Waals surface area contributed by atoms with Gasteiger partial charge in [0.15, 0.2) is 14.6 Å². The minimum Gasteiger partial charge on any atom is -0.319 e. The van der Waals surface area contributed by atoms with Gasteiger partial charge in [0.2, 0.25) is 0 Å². The van der Waals surface area contributed by atoms with Crippen molar-refractivity contribution in [2.45, 2.75) is 30.9 Å². The van der Waals surface area contributed by atoms with Crippen LogP contribution in [0.3, 0.4) is 0 Å². The molecule has 0 aliphatic rings. The fourth-order valence-electron chi connectivity index (χ4n) is 2.74. The molecule has 0 spiro atoms. The number of aryl methyl sites for hydroxylation is 2. The standard InChI is InChI=1S/C19H19ClN2O3S2/c1-11(2)27(24,25)14-7-5-6-13(10-14)18(23)21-19-22(4)17-12(3)15(20)8-9-16(17)26-19/h5-11H,1-4H3. The second-order valence-electron chi connectivity index (χ2n) is 6.50. The zero-order chi connectivity index (χ0) is 19.9. The number of sulfone groups is 1. The molecule has 0 saturated heterocycles. The number of halogens is 1. The predicted molar refractivity (Wildman–Crippen MR) is 109 cm³/mol. The molecule has 0 N–H and O–H groups in total. The molecule has 1 heterocycles. The monoisotopic (exact) mass is 422 g/mol. The van der Waals surface area contributed by atoms with E-state index in [0.717, 1.165) is 15.8 Å². The Kier molecular flexibility index (Phi) is 5.29. The Hall–Kier alpha value is -1.96. The first-order valence-corrected chi connectivity index (χ1v) is 11.0. The van der Waals surface area contributed by atoms with Crippen LogP contribution in [-0.2, 0) is 16.9 Å². The number of aromatic nitrogens is 1. The van der Waals surface area contributed by atoms with Crippen LogP contribution in [0.5, 0.6) is 0 Å². The van der Waals surface area contributed by atoms with Crippen LogP contribution in [0.4, 0.5) is 0 Å². The van der Waals surface area contributed by atoms with Crippen LogP contribution >= 0.6 is 22.9 Å². The molecular weight excluding hydrogens is 404 g/mol. The molecule has 0 radical (unpaired) electrons. The number of nitrogens with zero attached hydrogens (tertiary/aromatic N) is 2. The molecular formula is C19H19ClN2O3S2. The predicted octanol–water partition coefficient (Wildman–Crippen LogP) is 4.12. The average molecular weight is 423 g/mol. The number of rotatable bonds is 3. The zero-order valence-electron chi connectivity index (χ0n) is 15.4. The molecule has 1 amide bonds. The average Bonchev–Trinajstić information content (AvgIpc) is 2.94. The van der Waals surface area contributed by atoms with Gasteiger partial charge in [-0.2, -0.15) is 4.99 Å². The Bertz CT molecular complexity index is 1220. The van der Waals surface area contributed by atoms with E-state index >= 15 is 0 Å². The molecule has 0 bridgehead atoms. The maximum atomic E-state index is 12.6. The second kappa shape index (κ2) is 7.22. The van der Waals surface area contributed by atoms with Gasteiger partial charge < -0.3 is 4.57 Å². The first-order chi connectivity index (χ1) is 12.6. The maximum Gasteiger partial charge on any atom is 0.279 e. The van der Waals surface area contributed by atoms with Crippen molar-refractivity contribution in [3.63, 3.8) is 0 Å². The van der Waals surface area contributed by atoms with E-state index in [1.165, 1.54) is 23.5 Å². The fraction of sp³-hybridized carbons (Fsp3) is 0.263. The number of carbonyl (C=O) groups is 1. The summed E-state index contributed by atoms with van der Waals surface area (Å²) in [7, 11) is -1.63. The van der Waals surface area contributed by atoms with Crippen molar-refractivity contribution < 1.29 is 13.2 Å². The van der Waals surface area contributed by atoms with Crippen molar-refractivity contribution in [2.24, 2.45) is 12.0 Å². The molecule has 8 heteroatoms. The van der Waals surface area contributed by atoms with Crippen LogP contribution in [-0.4, -0.2) is 24.1 Å². The van der Waals surface area contributed by atoms with Gasteiger partial charge in [0.1, 0.15) is 0 Å². The van der Waals surface area contributed by atoms with Crippen LogP contribution in [0.15, 0.2) is 46.3 Å². The Labute approximate surface area is 166 Å². The van der Waals surface area contributed by atoms with Gasteiger partial charge in [-0.15, -0.1) is 0 Å². The third kappa shape index (κ3) is 3.59. The van der Waals surface area contributed by atoms with Gasteiger partial charge in [0.25, 0.3) is 5.91 Å². The molecule has 0 aliphatic heterocycles. The van der Waals surface area contributed by atoms with E-state index in [4.69, 9.17) is 11.6 Å². The summed E-state index contributed by atoms with van der Waals surface area (Å²) in [6.45, 7) is 5.14. The van der Waals surface area contributed by atoms with E-state index in [9.17, 15) is 13.2 Å². The molecule has 5 nitrogen and oxygen atoms in total. The number of thiazole rings is 1. The summed E-state index contributed by atoms with van der Waals surface area (Å²) in [5.41, 5.74) is 2.09. The Balaban J connectivity index is 2.10. The lowest BCUT2D eigenvalue weighted by atomic mass is 10.2. The van der Waals surface area contributed by atoms with Gasteiger partial charge >= 0.3 is 0 Å². The summed E-state index contributed by atoms with van der Waals surface area (Å²) in [5.74, 6) is -0.485. The second-order valence-corrected chi connectivity index (χ2v) is 10.4. The Morgan fingerprint density at radius 3 is 2.59 bits per heavy atom. The first-order valence-electron chi connectivity index (χ1n) is 8.30. The largest absolute Gasteiger partial charge is 0.319 e. The van der Waals surface area contributed by atoms with E-state index < -0.39 is 21.0 Å². The molecule has 27 heavy (non-hydrogen) atoms. The first kappa shape index (κ1) is 19.8. The van der Waals surface area contributed by atoms with E-state index in [1.807, 2.05) is 30.7 Å². The lowest BCUT2D eigenvalue weighted by molar-refractivity contribution is 0.0997. The number of carbonyl (C=O) groups excluding carboxylic acids is 1. The summed E-state index contributed by atoms with van der Waals surface area (Å²) in [6.07, 6.45) is 0. The summed E-state index contributed by atoms with van der Waals surface area (Å²) in [6, 6.07) is 9.73. The highest BCUT2D eigenvalue weighted by Crippen LogP contribution is 2.26. The summed E-state index contributed by atoms with van der Waals surface area (Å²) in [5, 5.41) is 0.0910. The molecule has 142 valence electrons. The fourth-order valence-corrected chi connectivity index (χ4v) is 5.07. The Morgan fingerprint density at radius 2 is 1.93 bits per heavy atom. The van der Waals surface area contributed by atoms with Gasteiger partial charge in [0, 0.05) is 17.6 Å². The molecule has 1 aromatic heterocycles. The van der Waals surface area contributed by atoms with Crippen LogP contribution < -0.4 is 4.80 Å². The smallest absolute Gasteiger partial charge is 0.279 e. The van der Waals surface area contributed by atoms with Crippen molar-refractivity contribution in [1.29, 1.82) is 0 Å². The van der Waals surface area contributed by atoms with Gasteiger partial charge in [-0.1, -0.05) is 29.0 Å². The topological polar surface area (TPSA) is 68.5 Å². The number of fused-ring (bicyclic) bond motifs is 1. The molecule has 0 atom stereocenters. The molecule has 2 aromatic carbocycles. The summed E-state index contributed by atoms with van der Waals surface area (Å²) in [4.78, 5) is 17.5. The quantitative estimate of drug-likeness (QED) is 0.637. The van der Waals surface area contributed by atoms with Crippen LogP contribution in [0, 0.1) is 6.92 Å². The third-order valence-corrected chi connectivity index (χ3v) is 8.04. The number of benzene rings is 2. The molecule has 0 saturated carbocycles. The van der Waals surface area contributed by atoms with Crippen molar-refractivity contribution >= 4 is 48.9 Å². The molecule has 0 unspecified atom stereocenters. The zero-order valence-corrected chi connectivity index (χ0v) is 17.7. The van der Waals surface area contributed by atoms with Crippen LogP contribution in [0.1, 0.15) is 29.8 Å². The number of hydrogen-bond acceptors (Lipinski definition) is 4. The molecule has 3 aromatic rings. The summed E-state index contributed by atoms with van der Waals surface area (Å²) < 4.78 is 27.5. The SMILES string of the molecule is Cc1c(Cl)ccc2sc(=NC(=O)c3cccc(S(=O)(=O)C(C)C)c3)n(C)c12. The number of amides is 1. The van der Waals surface area contributed by atoms with E-state index in [1.54, 1.807) is 26.0 Å². The maximum absolute atomic E-state index is 12.6. The van der Waals surface area contributed by atoms with E-state index in [-0.39, 0.29) is 10.5 Å². The van der Waals surface area contributed by atoms with Crippen LogP contribution in [0.2, 0.25) is 5.02 Å². The van der Waals surface area contributed by atoms with E-state index in [2.05, 4.69) is 4.99 Å². The normalized spacial score (nSPS) is 12.9. The van der Waals surface area contributed by atoms with E-state index in [0.29, 0.717) is 9.82 Å². The third-order valence-electron chi connectivity index (χ3n) is 4.38. The van der Waals surface area contributed by atoms with Crippen molar-refractivity contribution in [1.82, 2.24) is 4.57 Å². The molecule has 0 fully saturated rings. The minimum absolute atomic E-state index is 0.127. The summed E-state index contributed by atoms with van der Waals surface area (Å²) >= 11 is 7.58. The number of hydrogen-bond donors (Lipinski definition) is 0. The molecule has 0 aliphatic carbocycles. The van der Waals surface area contributed by atoms with Crippen molar-refractivity contribution in [3.05, 3.63) is 57.3 Å².